The Morgan fingerprint density at radius 3 is 3.00 bits per heavy atom. The summed E-state index contributed by atoms with van der Waals surface area (Å²) < 4.78 is 0. The van der Waals surface area contributed by atoms with Crippen LogP contribution in [0.1, 0.15) is 0 Å². The zero-order valence-corrected chi connectivity index (χ0v) is 5.97. The fourth-order valence-corrected chi connectivity index (χ4v) is 0.739. The van der Waals surface area contributed by atoms with Gasteiger partial charge in [0.2, 0.25) is 0 Å². The van der Waals surface area contributed by atoms with Gasteiger partial charge in [0.15, 0.2) is 0 Å². The summed E-state index contributed by atoms with van der Waals surface area (Å²) in [6.07, 6.45) is 2.22. The molecule has 0 aromatic rings. The number of nitro groups is 1. The summed E-state index contributed by atoms with van der Waals surface area (Å²) in [7, 11) is 0. The average molecular weight is 178 g/mol. The topological polar surface area (TPSA) is 79.0 Å². The van der Waals surface area contributed by atoms with Gasteiger partial charge in [-0.3, -0.25) is 0 Å². The highest BCUT2D eigenvalue weighted by molar-refractivity contribution is 6.20. The van der Waals surface area contributed by atoms with Gasteiger partial charge in [0.25, 0.3) is 5.62 Å². The molecule has 0 aromatic carbocycles. The number of hydrogen-bond donors (Lipinski definition) is 1. The van der Waals surface area contributed by atoms with Crippen LogP contribution in [0, 0.1) is 10.1 Å². The van der Waals surface area contributed by atoms with Crippen molar-refractivity contribution >= 4 is 17.8 Å². The van der Waals surface area contributed by atoms with Gasteiger partial charge in [-0.2, -0.15) is 0 Å². The van der Waals surface area contributed by atoms with Crippen molar-refractivity contribution in [2.24, 2.45) is 4.99 Å². The highest BCUT2D eigenvalue weighted by atomic mass is 35.5. The molecule has 1 heterocycles. The number of allylic oxidation sites excluding steroid dienone is 1. The van der Waals surface area contributed by atoms with E-state index >= 15 is 0 Å². The lowest BCUT2D eigenvalue weighted by Gasteiger charge is -2.14. The van der Waals surface area contributed by atoms with Crippen LogP contribution in [0.2, 0.25) is 0 Å². The lowest BCUT2D eigenvalue weighted by molar-refractivity contribution is -0.466. The van der Waals surface area contributed by atoms with Crippen molar-refractivity contribution in [1.82, 2.24) is 5.06 Å². The second-order valence-corrected chi connectivity index (χ2v) is 2.13. The maximum Gasteiger partial charge on any atom is 0.352 e. The number of rotatable bonds is 1. The van der Waals surface area contributed by atoms with E-state index in [9.17, 15) is 10.1 Å². The van der Waals surface area contributed by atoms with Crippen molar-refractivity contribution in [2.75, 3.05) is 0 Å². The van der Waals surface area contributed by atoms with Crippen LogP contribution in [0.3, 0.4) is 0 Å². The van der Waals surface area contributed by atoms with Gasteiger partial charge in [0.05, 0.1) is 6.08 Å². The molecule has 0 bridgehead atoms. The standard InChI is InChI=1S/C4H4ClN3O3/c5-4-6-2-1-3(7(4)9)8(10)11/h1-2,4,9H. The predicted octanol–water partition coefficient (Wildman–Crippen LogP) is 0.402. The van der Waals surface area contributed by atoms with Crippen molar-refractivity contribution < 1.29 is 10.1 Å². The predicted molar refractivity (Wildman–Crippen MR) is 36.8 cm³/mol. The van der Waals surface area contributed by atoms with E-state index in [0.717, 1.165) is 6.08 Å². The molecule has 0 aromatic heterocycles. The first-order valence-electron chi connectivity index (χ1n) is 2.63. The van der Waals surface area contributed by atoms with E-state index in [1.807, 2.05) is 0 Å². The first kappa shape index (κ1) is 7.96. The molecular weight excluding hydrogens is 174 g/mol. The molecule has 0 saturated carbocycles. The van der Waals surface area contributed by atoms with E-state index in [1.54, 1.807) is 0 Å². The molecule has 6 nitrogen and oxygen atoms in total. The van der Waals surface area contributed by atoms with Crippen LogP contribution in [0.15, 0.2) is 16.9 Å². The van der Waals surface area contributed by atoms with Crippen molar-refractivity contribution in [3.05, 3.63) is 22.0 Å². The van der Waals surface area contributed by atoms with Crippen LogP contribution >= 0.6 is 11.6 Å². The van der Waals surface area contributed by atoms with Crippen LogP contribution in [-0.2, 0) is 0 Å². The number of halogens is 1. The zero-order chi connectivity index (χ0) is 8.43. The van der Waals surface area contributed by atoms with Crippen molar-refractivity contribution in [1.29, 1.82) is 0 Å². The Morgan fingerprint density at radius 1 is 1.91 bits per heavy atom. The maximum absolute atomic E-state index is 10.1. The SMILES string of the molecule is O=[N+]([O-])C1=CC=NC(Cl)N1O. The Bertz CT molecular complexity index is 239. The molecular formula is C4H4ClN3O3. The number of hydroxylamine groups is 2. The molecule has 7 heteroatoms. The lowest BCUT2D eigenvalue weighted by Crippen LogP contribution is -2.31. The van der Waals surface area contributed by atoms with Gasteiger partial charge in [0.1, 0.15) is 0 Å². The van der Waals surface area contributed by atoms with Gasteiger partial charge >= 0.3 is 5.82 Å². The fourth-order valence-electron chi connectivity index (χ4n) is 0.574. The van der Waals surface area contributed by atoms with E-state index in [-0.39, 0.29) is 5.06 Å². The highest BCUT2D eigenvalue weighted by Crippen LogP contribution is 2.14. The molecule has 1 atom stereocenters. The Labute approximate surface area is 66.5 Å². The number of alkyl halides is 1. The van der Waals surface area contributed by atoms with Crippen LogP contribution in [0.5, 0.6) is 0 Å². The number of nitrogens with zero attached hydrogens (tertiary/aromatic N) is 3. The summed E-state index contributed by atoms with van der Waals surface area (Å²) in [5.74, 6) is -0.486. The largest absolute Gasteiger partial charge is 0.358 e. The molecule has 1 aliphatic rings. The summed E-state index contributed by atoms with van der Waals surface area (Å²) in [4.78, 5) is 12.9. The summed E-state index contributed by atoms with van der Waals surface area (Å²) >= 11 is 5.34. The first-order chi connectivity index (χ1) is 5.13. The van der Waals surface area contributed by atoms with Crippen molar-refractivity contribution in [3.8, 4) is 0 Å². The van der Waals surface area contributed by atoms with Crippen LogP contribution in [0.4, 0.5) is 0 Å². The van der Waals surface area contributed by atoms with Crippen molar-refractivity contribution in [2.45, 2.75) is 5.62 Å². The molecule has 0 radical (unpaired) electrons. The molecule has 0 spiro atoms. The van der Waals surface area contributed by atoms with Crippen molar-refractivity contribution in [3.63, 3.8) is 0 Å². The summed E-state index contributed by atoms with van der Waals surface area (Å²) in [6, 6.07) is 0. The average Bonchev–Trinajstić information content (AvgIpc) is 1.94. The normalized spacial score (nSPS) is 23.3. The Balaban J connectivity index is 2.87. The Kier molecular flexibility index (Phi) is 2.06. The van der Waals surface area contributed by atoms with Gasteiger partial charge in [-0.15, -0.1) is 0 Å². The Morgan fingerprint density at radius 2 is 2.55 bits per heavy atom. The summed E-state index contributed by atoms with van der Waals surface area (Å²) in [5.41, 5.74) is -1.11. The molecule has 11 heavy (non-hydrogen) atoms. The monoisotopic (exact) mass is 177 g/mol. The molecule has 0 fully saturated rings. The van der Waals surface area contributed by atoms with Gasteiger partial charge < -0.3 is 10.1 Å². The highest BCUT2D eigenvalue weighted by Gasteiger charge is 2.28. The lowest BCUT2D eigenvalue weighted by atomic mass is 10.5. The second-order valence-electron chi connectivity index (χ2n) is 1.74. The van der Waals surface area contributed by atoms with E-state index < -0.39 is 16.4 Å². The van der Waals surface area contributed by atoms with Crippen LogP contribution < -0.4 is 0 Å². The Hall–Kier alpha value is -1.14. The molecule has 1 unspecified atom stereocenters. The van der Waals surface area contributed by atoms with E-state index in [0.29, 0.717) is 0 Å². The molecule has 0 aliphatic carbocycles. The number of aliphatic imine (C=N–C) groups is 1. The molecule has 1 aliphatic heterocycles. The van der Waals surface area contributed by atoms with Gasteiger partial charge in [-0.1, -0.05) is 5.06 Å². The summed E-state index contributed by atoms with van der Waals surface area (Å²) in [5, 5.41) is 19.3. The van der Waals surface area contributed by atoms with Crippen LogP contribution in [0.25, 0.3) is 0 Å². The summed E-state index contributed by atoms with van der Waals surface area (Å²) in [6.45, 7) is 0. The first-order valence-corrected chi connectivity index (χ1v) is 3.06. The third kappa shape index (κ3) is 1.47. The minimum Gasteiger partial charge on any atom is -0.358 e. The van der Waals surface area contributed by atoms with E-state index in [1.165, 1.54) is 6.21 Å². The fraction of sp³-hybridized carbons (Fsp3) is 0.250. The zero-order valence-electron chi connectivity index (χ0n) is 5.22. The van der Waals surface area contributed by atoms with E-state index in [4.69, 9.17) is 16.8 Å². The van der Waals surface area contributed by atoms with Gasteiger partial charge in [-0.25, -0.2) is 10.2 Å². The van der Waals surface area contributed by atoms with Gasteiger partial charge in [0, 0.05) is 6.21 Å². The number of hydrogen-bond acceptors (Lipinski definition) is 5. The molecule has 1 N–H and O–H groups in total. The quantitative estimate of drug-likeness (QED) is 0.272. The maximum atomic E-state index is 10.1. The molecule has 0 saturated heterocycles. The molecule has 1 rings (SSSR count). The van der Waals surface area contributed by atoms with Gasteiger partial charge in [-0.05, 0) is 16.5 Å². The second kappa shape index (κ2) is 2.85. The third-order valence-corrected chi connectivity index (χ3v) is 1.35. The molecule has 0 amide bonds. The smallest absolute Gasteiger partial charge is 0.352 e. The van der Waals surface area contributed by atoms with Crippen LogP contribution in [-0.4, -0.2) is 27.0 Å². The third-order valence-electron chi connectivity index (χ3n) is 1.06. The minimum absolute atomic E-state index is 0.279. The minimum atomic E-state index is -1.11. The molecule has 60 valence electrons. The van der Waals surface area contributed by atoms with E-state index in [2.05, 4.69) is 4.99 Å².